The van der Waals surface area contributed by atoms with E-state index >= 15 is 0 Å². The van der Waals surface area contributed by atoms with E-state index in [1.165, 1.54) is 0 Å². The van der Waals surface area contributed by atoms with E-state index in [9.17, 15) is 9.90 Å². The molecule has 0 bridgehead atoms. The van der Waals surface area contributed by atoms with Crippen LogP contribution in [0.2, 0.25) is 0 Å². The number of nitrogens with zero attached hydrogens (tertiary/aromatic N) is 1. The fourth-order valence-corrected chi connectivity index (χ4v) is 1.49. The minimum absolute atomic E-state index is 0.0230. The molecule has 90 valence electrons. The molecule has 0 fully saturated rings. The van der Waals surface area contributed by atoms with E-state index in [1.54, 1.807) is 13.8 Å². The molecule has 2 N–H and O–H groups in total. The van der Waals surface area contributed by atoms with Crippen molar-refractivity contribution in [2.75, 3.05) is 13.1 Å². The second-order valence-corrected chi connectivity index (χ2v) is 4.64. The van der Waals surface area contributed by atoms with Crippen molar-refractivity contribution in [3.63, 3.8) is 0 Å². The second-order valence-electron chi connectivity index (χ2n) is 4.64. The molecule has 0 aromatic rings. The lowest BCUT2D eigenvalue weighted by molar-refractivity contribution is -0.138. The molecule has 0 aromatic heterocycles. The third-order valence-electron chi connectivity index (χ3n) is 2.51. The molecular formula is C11H23NO3. The summed E-state index contributed by atoms with van der Waals surface area (Å²) in [6.45, 7) is 8.98. The van der Waals surface area contributed by atoms with Crippen LogP contribution in [0, 0.1) is 0 Å². The Bertz CT molecular complexity index is 198. The van der Waals surface area contributed by atoms with Crippen molar-refractivity contribution >= 4 is 5.97 Å². The molecule has 0 spiro atoms. The van der Waals surface area contributed by atoms with Crippen molar-refractivity contribution in [1.29, 1.82) is 0 Å². The lowest BCUT2D eigenvalue weighted by atomic mass is 10.0. The van der Waals surface area contributed by atoms with Gasteiger partial charge in [-0.3, -0.25) is 4.79 Å². The lowest BCUT2D eigenvalue weighted by Crippen LogP contribution is -2.38. The number of hydrogen-bond donors (Lipinski definition) is 2. The number of aliphatic hydroxyl groups is 1. The molecule has 0 heterocycles. The number of aliphatic carboxylic acids is 1. The van der Waals surface area contributed by atoms with E-state index in [0.29, 0.717) is 6.42 Å². The molecule has 4 heteroatoms. The standard InChI is InChI=1S/C11H23NO3/c1-5-12(7-6-11(3,4)15)9(2)8-10(13)14/h9,15H,5-8H2,1-4H3,(H,13,14). The molecule has 15 heavy (non-hydrogen) atoms. The average Bonchev–Trinajstić information content (AvgIpc) is 2.01. The highest BCUT2D eigenvalue weighted by Crippen LogP contribution is 2.11. The zero-order valence-electron chi connectivity index (χ0n) is 10.2. The SMILES string of the molecule is CCN(CCC(C)(C)O)C(C)CC(=O)O. The molecular weight excluding hydrogens is 194 g/mol. The maximum Gasteiger partial charge on any atom is 0.304 e. The van der Waals surface area contributed by atoms with Crippen LogP contribution in [0.4, 0.5) is 0 Å². The molecule has 0 aliphatic heterocycles. The van der Waals surface area contributed by atoms with Gasteiger partial charge in [-0.15, -0.1) is 0 Å². The van der Waals surface area contributed by atoms with Crippen LogP contribution in [-0.2, 0) is 4.79 Å². The van der Waals surface area contributed by atoms with Crippen LogP contribution in [0.1, 0.15) is 40.5 Å². The molecule has 0 aliphatic rings. The fraction of sp³-hybridized carbons (Fsp3) is 0.909. The van der Waals surface area contributed by atoms with Crippen molar-refractivity contribution in [2.45, 2.75) is 52.2 Å². The number of carboxylic acids is 1. The van der Waals surface area contributed by atoms with Gasteiger partial charge in [0, 0.05) is 12.6 Å². The Morgan fingerprint density at radius 3 is 2.33 bits per heavy atom. The third kappa shape index (κ3) is 7.33. The van der Waals surface area contributed by atoms with E-state index in [1.807, 2.05) is 13.8 Å². The van der Waals surface area contributed by atoms with Crippen molar-refractivity contribution in [3.8, 4) is 0 Å². The Labute approximate surface area is 91.9 Å². The number of carboxylic acid groups (broad SMARTS) is 1. The van der Waals surface area contributed by atoms with Gasteiger partial charge < -0.3 is 15.1 Å². The van der Waals surface area contributed by atoms with Crippen molar-refractivity contribution < 1.29 is 15.0 Å². The Balaban J connectivity index is 4.07. The van der Waals surface area contributed by atoms with Gasteiger partial charge >= 0.3 is 5.97 Å². The monoisotopic (exact) mass is 217 g/mol. The third-order valence-corrected chi connectivity index (χ3v) is 2.51. The topological polar surface area (TPSA) is 60.8 Å². The van der Waals surface area contributed by atoms with Crippen molar-refractivity contribution in [3.05, 3.63) is 0 Å². The van der Waals surface area contributed by atoms with E-state index in [4.69, 9.17) is 5.11 Å². The molecule has 0 rings (SSSR count). The molecule has 0 aromatic carbocycles. The predicted molar refractivity (Wildman–Crippen MR) is 59.9 cm³/mol. The number of carbonyl (C=O) groups is 1. The van der Waals surface area contributed by atoms with Gasteiger partial charge in [-0.2, -0.15) is 0 Å². The molecule has 0 saturated carbocycles. The van der Waals surface area contributed by atoms with E-state index in [2.05, 4.69) is 4.90 Å². The van der Waals surface area contributed by atoms with Crippen LogP contribution in [-0.4, -0.2) is 45.8 Å². The quantitative estimate of drug-likeness (QED) is 0.675. The Morgan fingerprint density at radius 2 is 2.00 bits per heavy atom. The summed E-state index contributed by atoms with van der Waals surface area (Å²) in [5.41, 5.74) is -0.684. The van der Waals surface area contributed by atoms with Crippen LogP contribution in [0.25, 0.3) is 0 Å². The van der Waals surface area contributed by atoms with Crippen molar-refractivity contribution in [1.82, 2.24) is 4.90 Å². The number of rotatable bonds is 7. The number of hydrogen-bond acceptors (Lipinski definition) is 3. The highest BCUT2D eigenvalue weighted by molar-refractivity contribution is 5.67. The Kier molecular flexibility index (Phi) is 5.83. The summed E-state index contributed by atoms with van der Waals surface area (Å²) in [6.07, 6.45) is 0.810. The van der Waals surface area contributed by atoms with E-state index in [0.717, 1.165) is 13.1 Å². The molecule has 0 amide bonds. The molecule has 0 saturated heterocycles. The highest BCUT2D eigenvalue weighted by atomic mass is 16.4. The zero-order chi connectivity index (χ0) is 12.1. The molecule has 0 aliphatic carbocycles. The Morgan fingerprint density at radius 1 is 1.47 bits per heavy atom. The average molecular weight is 217 g/mol. The van der Waals surface area contributed by atoms with Gasteiger partial charge in [0.15, 0.2) is 0 Å². The van der Waals surface area contributed by atoms with Gasteiger partial charge in [0.25, 0.3) is 0 Å². The predicted octanol–water partition coefficient (Wildman–Crippen LogP) is 1.33. The van der Waals surface area contributed by atoms with Gasteiger partial charge in [0.1, 0.15) is 0 Å². The molecule has 1 atom stereocenters. The summed E-state index contributed by atoms with van der Waals surface area (Å²) >= 11 is 0. The second kappa shape index (κ2) is 6.08. The van der Waals surface area contributed by atoms with Crippen LogP contribution >= 0.6 is 0 Å². The first-order valence-electron chi connectivity index (χ1n) is 5.44. The van der Waals surface area contributed by atoms with E-state index in [-0.39, 0.29) is 12.5 Å². The fourth-order valence-electron chi connectivity index (χ4n) is 1.49. The van der Waals surface area contributed by atoms with Crippen LogP contribution < -0.4 is 0 Å². The molecule has 1 unspecified atom stereocenters. The highest BCUT2D eigenvalue weighted by Gasteiger charge is 2.19. The minimum Gasteiger partial charge on any atom is -0.481 e. The normalized spacial score (nSPS) is 14.3. The lowest BCUT2D eigenvalue weighted by Gasteiger charge is -2.29. The summed E-state index contributed by atoms with van der Waals surface area (Å²) in [7, 11) is 0. The summed E-state index contributed by atoms with van der Waals surface area (Å²) in [6, 6.07) is 0.0230. The summed E-state index contributed by atoms with van der Waals surface area (Å²) in [5.74, 6) is -0.774. The first-order valence-corrected chi connectivity index (χ1v) is 5.44. The first-order chi connectivity index (χ1) is 6.76. The van der Waals surface area contributed by atoms with Gasteiger partial charge in [0.2, 0.25) is 0 Å². The largest absolute Gasteiger partial charge is 0.481 e. The van der Waals surface area contributed by atoms with Gasteiger partial charge in [-0.1, -0.05) is 6.92 Å². The Hall–Kier alpha value is -0.610. The van der Waals surface area contributed by atoms with Crippen LogP contribution in [0.15, 0.2) is 0 Å². The minimum atomic E-state index is -0.774. The zero-order valence-corrected chi connectivity index (χ0v) is 10.2. The van der Waals surface area contributed by atoms with Crippen LogP contribution in [0.3, 0.4) is 0 Å². The van der Waals surface area contributed by atoms with Crippen LogP contribution in [0.5, 0.6) is 0 Å². The summed E-state index contributed by atoms with van der Waals surface area (Å²) in [5, 5.41) is 18.3. The van der Waals surface area contributed by atoms with Crippen molar-refractivity contribution in [2.24, 2.45) is 0 Å². The summed E-state index contributed by atoms with van der Waals surface area (Å²) in [4.78, 5) is 12.6. The van der Waals surface area contributed by atoms with E-state index < -0.39 is 11.6 Å². The van der Waals surface area contributed by atoms with Gasteiger partial charge in [-0.05, 0) is 33.7 Å². The first kappa shape index (κ1) is 14.4. The summed E-state index contributed by atoms with van der Waals surface area (Å²) < 4.78 is 0. The van der Waals surface area contributed by atoms with Gasteiger partial charge in [0.05, 0.1) is 12.0 Å². The maximum atomic E-state index is 10.6. The smallest absolute Gasteiger partial charge is 0.304 e. The van der Waals surface area contributed by atoms with Gasteiger partial charge in [-0.25, -0.2) is 0 Å². The molecule has 4 nitrogen and oxygen atoms in total. The molecule has 0 radical (unpaired) electrons. The maximum absolute atomic E-state index is 10.6.